The molecular weight excluding hydrogens is 362 g/mol. The van der Waals surface area contributed by atoms with E-state index in [1.807, 2.05) is 48.2 Å². The lowest BCUT2D eigenvalue weighted by molar-refractivity contribution is -0.132. The van der Waals surface area contributed by atoms with Gasteiger partial charge in [0.2, 0.25) is 5.91 Å². The number of rotatable bonds is 4. The summed E-state index contributed by atoms with van der Waals surface area (Å²) in [4.78, 5) is 27.8. The molecule has 0 aromatic heterocycles. The van der Waals surface area contributed by atoms with E-state index in [2.05, 4.69) is 22.8 Å². The maximum absolute atomic E-state index is 13.1. The first-order valence-electron chi connectivity index (χ1n) is 10.5. The molecule has 0 bridgehead atoms. The highest BCUT2D eigenvalue weighted by Crippen LogP contribution is 2.31. The van der Waals surface area contributed by atoms with Crippen molar-refractivity contribution in [2.24, 2.45) is 5.41 Å². The zero-order chi connectivity index (χ0) is 20.3. The molecule has 29 heavy (non-hydrogen) atoms. The standard InChI is InChI=1S/C24H29N3O2/c1-24(13-7-15-27(17-24)22(28)18-8-3-2-4-9-18)23(29)26-16-19-10-5-12-21-20(19)11-6-14-25-21/h2-5,8-10,12,25H,6-7,11,13-17H2,1H3,(H,26,29). The topological polar surface area (TPSA) is 61.4 Å². The van der Waals surface area contributed by atoms with Crippen LogP contribution in [0.25, 0.3) is 0 Å². The minimum absolute atomic E-state index is 0.00697. The molecule has 0 spiro atoms. The van der Waals surface area contributed by atoms with E-state index in [1.165, 1.54) is 16.8 Å². The van der Waals surface area contributed by atoms with Gasteiger partial charge in [0.1, 0.15) is 0 Å². The number of piperidine rings is 1. The first kappa shape index (κ1) is 19.5. The summed E-state index contributed by atoms with van der Waals surface area (Å²) in [6.07, 6.45) is 3.80. The second kappa shape index (κ2) is 8.27. The normalized spacial score (nSPS) is 21.1. The van der Waals surface area contributed by atoms with E-state index in [4.69, 9.17) is 0 Å². The van der Waals surface area contributed by atoms with E-state index in [1.54, 1.807) is 0 Å². The van der Waals surface area contributed by atoms with Gasteiger partial charge in [0.25, 0.3) is 5.91 Å². The molecule has 0 radical (unpaired) electrons. The molecule has 2 aliphatic heterocycles. The molecule has 0 saturated carbocycles. The smallest absolute Gasteiger partial charge is 0.253 e. The molecule has 0 aliphatic carbocycles. The van der Waals surface area contributed by atoms with Crippen molar-refractivity contribution in [1.29, 1.82) is 0 Å². The van der Waals surface area contributed by atoms with Crippen LogP contribution in [0.3, 0.4) is 0 Å². The highest BCUT2D eigenvalue weighted by molar-refractivity contribution is 5.95. The van der Waals surface area contributed by atoms with Gasteiger partial charge in [-0.25, -0.2) is 0 Å². The molecule has 4 rings (SSSR count). The van der Waals surface area contributed by atoms with Crippen LogP contribution in [-0.4, -0.2) is 36.3 Å². The van der Waals surface area contributed by atoms with Gasteiger partial charge in [-0.1, -0.05) is 30.3 Å². The summed E-state index contributed by atoms with van der Waals surface area (Å²) < 4.78 is 0. The Morgan fingerprint density at radius 3 is 2.76 bits per heavy atom. The second-order valence-corrected chi connectivity index (χ2v) is 8.41. The van der Waals surface area contributed by atoms with Crippen LogP contribution in [0.4, 0.5) is 5.69 Å². The quantitative estimate of drug-likeness (QED) is 0.837. The van der Waals surface area contributed by atoms with Gasteiger partial charge in [-0.3, -0.25) is 9.59 Å². The number of nitrogens with one attached hydrogen (secondary N) is 2. The lowest BCUT2D eigenvalue weighted by atomic mass is 9.80. The third-order valence-corrected chi connectivity index (χ3v) is 6.18. The molecule has 1 atom stereocenters. The van der Waals surface area contributed by atoms with Crippen molar-refractivity contribution in [2.75, 3.05) is 25.0 Å². The largest absolute Gasteiger partial charge is 0.385 e. The number of carbonyl (C=O) groups excluding carboxylic acids is 2. The number of hydrogen-bond donors (Lipinski definition) is 2. The monoisotopic (exact) mass is 391 g/mol. The third kappa shape index (κ3) is 4.14. The average Bonchev–Trinajstić information content (AvgIpc) is 2.77. The summed E-state index contributed by atoms with van der Waals surface area (Å²) in [6, 6.07) is 15.6. The molecule has 152 valence electrons. The molecule has 1 fully saturated rings. The van der Waals surface area contributed by atoms with Gasteiger partial charge in [0, 0.05) is 37.4 Å². The number of amides is 2. The zero-order valence-corrected chi connectivity index (χ0v) is 17.0. The Bertz CT molecular complexity index is 896. The van der Waals surface area contributed by atoms with Gasteiger partial charge >= 0.3 is 0 Å². The molecule has 2 heterocycles. The molecule has 2 amide bonds. The Morgan fingerprint density at radius 1 is 1.10 bits per heavy atom. The Hall–Kier alpha value is -2.82. The molecule has 1 saturated heterocycles. The fourth-order valence-corrected chi connectivity index (χ4v) is 4.50. The SMILES string of the molecule is CC1(C(=O)NCc2cccc3c2CCCN3)CCCN(C(=O)c2ccccc2)C1. The van der Waals surface area contributed by atoms with E-state index >= 15 is 0 Å². The fourth-order valence-electron chi connectivity index (χ4n) is 4.50. The van der Waals surface area contributed by atoms with Gasteiger partial charge in [-0.2, -0.15) is 0 Å². The van der Waals surface area contributed by atoms with Gasteiger partial charge < -0.3 is 15.5 Å². The molecule has 2 aromatic rings. The number of carbonyl (C=O) groups is 2. The first-order chi connectivity index (χ1) is 14.1. The van der Waals surface area contributed by atoms with E-state index in [-0.39, 0.29) is 11.8 Å². The molecule has 2 aliphatic rings. The summed E-state index contributed by atoms with van der Waals surface area (Å²) in [7, 11) is 0. The maximum atomic E-state index is 13.1. The van der Waals surface area contributed by atoms with E-state index in [0.29, 0.717) is 25.2 Å². The lowest BCUT2D eigenvalue weighted by Crippen LogP contribution is -2.51. The molecule has 5 heteroatoms. The Balaban J connectivity index is 1.42. The minimum atomic E-state index is -0.560. The summed E-state index contributed by atoms with van der Waals surface area (Å²) >= 11 is 0. The van der Waals surface area contributed by atoms with Gasteiger partial charge in [-0.05, 0) is 61.9 Å². The van der Waals surface area contributed by atoms with Crippen molar-refractivity contribution in [1.82, 2.24) is 10.2 Å². The number of nitrogens with zero attached hydrogens (tertiary/aromatic N) is 1. The van der Waals surface area contributed by atoms with E-state index in [9.17, 15) is 9.59 Å². The van der Waals surface area contributed by atoms with Crippen LogP contribution in [0.5, 0.6) is 0 Å². The van der Waals surface area contributed by atoms with Crippen LogP contribution < -0.4 is 10.6 Å². The maximum Gasteiger partial charge on any atom is 0.253 e. The van der Waals surface area contributed by atoms with Crippen molar-refractivity contribution < 1.29 is 9.59 Å². The molecular formula is C24H29N3O2. The van der Waals surface area contributed by atoms with Gasteiger partial charge in [0.05, 0.1) is 5.41 Å². The highest BCUT2D eigenvalue weighted by atomic mass is 16.2. The Labute approximate surface area is 172 Å². The predicted molar refractivity (Wildman–Crippen MR) is 115 cm³/mol. The van der Waals surface area contributed by atoms with Crippen LogP contribution >= 0.6 is 0 Å². The minimum Gasteiger partial charge on any atom is -0.385 e. The van der Waals surface area contributed by atoms with Crippen molar-refractivity contribution in [3.05, 3.63) is 65.2 Å². The second-order valence-electron chi connectivity index (χ2n) is 8.41. The van der Waals surface area contributed by atoms with Crippen LogP contribution in [0.15, 0.2) is 48.5 Å². The van der Waals surface area contributed by atoms with Crippen LogP contribution in [-0.2, 0) is 17.8 Å². The molecule has 2 N–H and O–H groups in total. The third-order valence-electron chi connectivity index (χ3n) is 6.18. The number of benzene rings is 2. The molecule has 5 nitrogen and oxygen atoms in total. The summed E-state index contributed by atoms with van der Waals surface area (Å²) in [5.41, 5.74) is 3.80. The van der Waals surface area contributed by atoms with E-state index in [0.717, 1.165) is 32.2 Å². The van der Waals surface area contributed by atoms with Crippen molar-refractivity contribution >= 4 is 17.5 Å². The number of anilines is 1. The lowest BCUT2D eigenvalue weighted by Gasteiger charge is -2.39. The Kier molecular flexibility index (Phi) is 5.56. The number of likely N-dealkylation sites (tertiary alicyclic amines) is 1. The summed E-state index contributed by atoms with van der Waals surface area (Å²) in [5.74, 6) is 0.0389. The van der Waals surface area contributed by atoms with Crippen molar-refractivity contribution in [2.45, 2.75) is 39.2 Å². The fraction of sp³-hybridized carbons (Fsp3) is 0.417. The average molecular weight is 392 g/mol. The summed E-state index contributed by atoms with van der Waals surface area (Å²) in [6.45, 7) is 4.68. The van der Waals surface area contributed by atoms with Crippen LogP contribution in [0.2, 0.25) is 0 Å². The van der Waals surface area contributed by atoms with Crippen LogP contribution in [0, 0.1) is 5.41 Å². The summed E-state index contributed by atoms with van der Waals surface area (Å²) in [5, 5.41) is 6.59. The predicted octanol–water partition coefficient (Wildman–Crippen LogP) is 3.60. The Morgan fingerprint density at radius 2 is 1.93 bits per heavy atom. The molecule has 1 unspecified atom stereocenters. The highest BCUT2D eigenvalue weighted by Gasteiger charge is 2.39. The molecule has 2 aromatic carbocycles. The van der Waals surface area contributed by atoms with Gasteiger partial charge in [-0.15, -0.1) is 0 Å². The number of fused-ring (bicyclic) bond motifs is 1. The first-order valence-corrected chi connectivity index (χ1v) is 10.5. The van der Waals surface area contributed by atoms with Crippen LogP contribution in [0.1, 0.15) is 47.7 Å². The number of hydrogen-bond acceptors (Lipinski definition) is 3. The van der Waals surface area contributed by atoms with Crippen molar-refractivity contribution in [3.63, 3.8) is 0 Å². The zero-order valence-electron chi connectivity index (χ0n) is 17.0. The van der Waals surface area contributed by atoms with Gasteiger partial charge in [0.15, 0.2) is 0 Å². The van der Waals surface area contributed by atoms with Crippen molar-refractivity contribution in [3.8, 4) is 0 Å². The van der Waals surface area contributed by atoms with E-state index < -0.39 is 5.41 Å².